The van der Waals surface area contributed by atoms with Crippen molar-refractivity contribution in [3.8, 4) is 6.07 Å². The van der Waals surface area contributed by atoms with Crippen LogP contribution in [-0.2, 0) is 10.0 Å². The molecule has 1 aliphatic heterocycles. The monoisotopic (exact) mass is 321 g/mol. The van der Waals surface area contributed by atoms with Gasteiger partial charge in [-0.3, -0.25) is 4.79 Å². The van der Waals surface area contributed by atoms with Crippen LogP contribution in [0.3, 0.4) is 0 Å². The summed E-state index contributed by atoms with van der Waals surface area (Å²) in [5.74, 6) is 0.0361. The number of nitrogens with zero attached hydrogens (tertiary/aromatic N) is 3. The number of rotatable bonds is 4. The summed E-state index contributed by atoms with van der Waals surface area (Å²) >= 11 is 0. The Bertz CT molecular complexity index is 714. The molecule has 0 spiro atoms. The number of carbonyl (C=O) groups excluding carboxylic acids is 1. The van der Waals surface area contributed by atoms with Crippen molar-refractivity contribution in [1.29, 1.82) is 5.26 Å². The molecule has 1 aliphatic rings. The van der Waals surface area contributed by atoms with Crippen LogP contribution in [0.4, 0.5) is 5.69 Å². The third-order valence-corrected chi connectivity index (χ3v) is 5.74. The summed E-state index contributed by atoms with van der Waals surface area (Å²) in [4.78, 5) is 13.5. The van der Waals surface area contributed by atoms with Gasteiger partial charge in [0.05, 0.1) is 17.0 Å². The average Bonchev–Trinajstić information content (AvgIpc) is 2.54. The molecule has 118 valence electrons. The van der Waals surface area contributed by atoms with Gasteiger partial charge in [0.1, 0.15) is 6.07 Å². The van der Waals surface area contributed by atoms with Crippen molar-refractivity contribution in [1.82, 2.24) is 4.31 Å². The van der Waals surface area contributed by atoms with E-state index in [-0.39, 0.29) is 11.5 Å². The van der Waals surface area contributed by atoms with Gasteiger partial charge in [0.25, 0.3) is 0 Å². The second-order valence-corrected chi connectivity index (χ2v) is 7.44. The molecule has 0 atom stereocenters. The predicted octanol–water partition coefficient (Wildman–Crippen LogP) is 1.23. The first-order valence-corrected chi connectivity index (χ1v) is 8.78. The van der Waals surface area contributed by atoms with Crippen LogP contribution in [0, 0.1) is 11.3 Å². The Morgan fingerprint density at radius 2 is 1.91 bits per heavy atom. The Labute approximate surface area is 131 Å². The Morgan fingerprint density at radius 3 is 2.41 bits per heavy atom. The molecule has 0 aliphatic carbocycles. The number of nitriles is 1. The van der Waals surface area contributed by atoms with Gasteiger partial charge in [0.15, 0.2) is 5.78 Å². The first-order chi connectivity index (χ1) is 10.4. The second kappa shape index (κ2) is 6.46. The summed E-state index contributed by atoms with van der Waals surface area (Å²) in [6.07, 6.45) is 0. The van der Waals surface area contributed by atoms with Gasteiger partial charge in [0, 0.05) is 31.7 Å². The zero-order valence-electron chi connectivity index (χ0n) is 12.7. The highest BCUT2D eigenvalue weighted by atomic mass is 32.2. The lowest BCUT2D eigenvalue weighted by Gasteiger charge is -2.35. The minimum Gasteiger partial charge on any atom is -0.368 e. The number of hydrogen-bond acceptors (Lipinski definition) is 5. The van der Waals surface area contributed by atoms with E-state index in [4.69, 9.17) is 0 Å². The normalized spacial score (nSPS) is 16.3. The summed E-state index contributed by atoms with van der Waals surface area (Å²) in [6, 6.07) is 7.12. The van der Waals surface area contributed by atoms with E-state index in [0.29, 0.717) is 43.0 Å². The molecular formula is C15H19N3O3S. The van der Waals surface area contributed by atoms with Crippen LogP contribution in [0.15, 0.2) is 18.2 Å². The summed E-state index contributed by atoms with van der Waals surface area (Å²) in [5, 5.41) is 9.23. The third-order valence-electron chi connectivity index (χ3n) is 3.86. The van der Waals surface area contributed by atoms with E-state index < -0.39 is 10.0 Å². The SMILES string of the molecule is CCS(=O)(=O)N1CCN(c2cc(C(C)=O)ccc2C#N)CC1. The van der Waals surface area contributed by atoms with E-state index in [0.717, 1.165) is 0 Å². The third kappa shape index (κ3) is 3.29. The Kier molecular flexibility index (Phi) is 4.84. The van der Waals surface area contributed by atoms with Gasteiger partial charge in [-0.25, -0.2) is 8.42 Å². The van der Waals surface area contributed by atoms with E-state index in [1.807, 2.05) is 4.90 Å². The maximum absolute atomic E-state index is 11.9. The maximum atomic E-state index is 11.9. The molecule has 1 heterocycles. The van der Waals surface area contributed by atoms with Crippen LogP contribution >= 0.6 is 0 Å². The number of benzene rings is 1. The number of anilines is 1. The Morgan fingerprint density at radius 1 is 1.27 bits per heavy atom. The molecule has 0 amide bonds. The van der Waals surface area contributed by atoms with Gasteiger partial charge in [-0.15, -0.1) is 0 Å². The molecule has 6 nitrogen and oxygen atoms in total. The molecule has 0 radical (unpaired) electrons. The number of hydrogen-bond donors (Lipinski definition) is 0. The lowest BCUT2D eigenvalue weighted by Crippen LogP contribution is -2.49. The van der Waals surface area contributed by atoms with Crippen LogP contribution < -0.4 is 4.90 Å². The van der Waals surface area contributed by atoms with E-state index >= 15 is 0 Å². The highest BCUT2D eigenvalue weighted by molar-refractivity contribution is 7.89. The molecule has 1 aromatic carbocycles. The Balaban J connectivity index is 2.23. The van der Waals surface area contributed by atoms with Crippen LogP contribution in [0.25, 0.3) is 0 Å². The lowest BCUT2D eigenvalue weighted by molar-refractivity contribution is 0.101. The lowest BCUT2D eigenvalue weighted by atomic mass is 10.1. The minimum absolute atomic E-state index is 0.0575. The summed E-state index contributed by atoms with van der Waals surface area (Å²) in [6.45, 7) is 4.92. The first-order valence-electron chi connectivity index (χ1n) is 7.17. The molecule has 0 unspecified atom stereocenters. The highest BCUT2D eigenvalue weighted by Crippen LogP contribution is 2.24. The molecule has 1 aromatic rings. The Hall–Kier alpha value is -1.91. The largest absolute Gasteiger partial charge is 0.368 e. The smallest absolute Gasteiger partial charge is 0.213 e. The van der Waals surface area contributed by atoms with Crippen LogP contribution in [-0.4, -0.2) is 50.4 Å². The van der Waals surface area contributed by atoms with Gasteiger partial charge in [-0.05, 0) is 32.0 Å². The predicted molar refractivity (Wildman–Crippen MR) is 84.4 cm³/mol. The number of ketones is 1. The van der Waals surface area contributed by atoms with Gasteiger partial charge in [-0.2, -0.15) is 9.57 Å². The fraction of sp³-hybridized carbons (Fsp3) is 0.467. The van der Waals surface area contributed by atoms with E-state index in [9.17, 15) is 18.5 Å². The van der Waals surface area contributed by atoms with Crippen molar-refractivity contribution < 1.29 is 13.2 Å². The summed E-state index contributed by atoms with van der Waals surface area (Å²) in [5.41, 5.74) is 1.75. The fourth-order valence-electron chi connectivity index (χ4n) is 2.50. The zero-order valence-corrected chi connectivity index (χ0v) is 13.6. The number of piperazine rings is 1. The number of sulfonamides is 1. The van der Waals surface area contributed by atoms with Crippen molar-refractivity contribution in [3.05, 3.63) is 29.3 Å². The fourth-order valence-corrected chi connectivity index (χ4v) is 3.58. The van der Waals surface area contributed by atoms with E-state index in [1.165, 1.54) is 11.2 Å². The van der Waals surface area contributed by atoms with Crippen LogP contribution in [0.1, 0.15) is 29.8 Å². The molecule has 0 N–H and O–H groups in total. The summed E-state index contributed by atoms with van der Waals surface area (Å²) < 4.78 is 25.2. The summed E-state index contributed by atoms with van der Waals surface area (Å²) in [7, 11) is -3.18. The van der Waals surface area contributed by atoms with Crippen molar-refractivity contribution in [3.63, 3.8) is 0 Å². The van der Waals surface area contributed by atoms with Gasteiger partial charge >= 0.3 is 0 Å². The van der Waals surface area contributed by atoms with Crippen molar-refractivity contribution in [2.24, 2.45) is 0 Å². The highest BCUT2D eigenvalue weighted by Gasteiger charge is 2.26. The van der Waals surface area contributed by atoms with Gasteiger partial charge in [-0.1, -0.05) is 0 Å². The standard InChI is InChI=1S/C15H19N3O3S/c1-3-22(20,21)18-8-6-17(7-9-18)15-10-13(12(2)19)4-5-14(15)11-16/h4-5,10H,3,6-9H2,1-2H3. The van der Waals surface area contributed by atoms with Gasteiger partial charge in [0.2, 0.25) is 10.0 Å². The molecule has 0 saturated carbocycles. The molecule has 1 saturated heterocycles. The topological polar surface area (TPSA) is 81.5 Å². The van der Waals surface area contributed by atoms with Crippen LogP contribution in [0.5, 0.6) is 0 Å². The van der Waals surface area contributed by atoms with E-state index in [1.54, 1.807) is 25.1 Å². The molecule has 1 fully saturated rings. The molecule has 0 bridgehead atoms. The second-order valence-electron chi connectivity index (χ2n) is 5.19. The van der Waals surface area contributed by atoms with Crippen LogP contribution in [0.2, 0.25) is 0 Å². The molecule has 2 rings (SSSR count). The van der Waals surface area contributed by atoms with Crippen molar-refractivity contribution in [2.75, 3.05) is 36.8 Å². The molecule has 0 aromatic heterocycles. The average molecular weight is 321 g/mol. The van der Waals surface area contributed by atoms with Gasteiger partial charge < -0.3 is 4.90 Å². The maximum Gasteiger partial charge on any atom is 0.213 e. The molecule has 22 heavy (non-hydrogen) atoms. The minimum atomic E-state index is -3.18. The number of Topliss-reactive ketones (excluding diaryl/α,β-unsaturated/α-hetero) is 1. The van der Waals surface area contributed by atoms with Crippen molar-refractivity contribution in [2.45, 2.75) is 13.8 Å². The zero-order chi connectivity index (χ0) is 16.3. The quantitative estimate of drug-likeness (QED) is 0.779. The van der Waals surface area contributed by atoms with E-state index in [2.05, 4.69) is 6.07 Å². The molecular weight excluding hydrogens is 302 g/mol. The van der Waals surface area contributed by atoms with Crippen molar-refractivity contribution >= 4 is 21.5 Å². The first kappa shape index (κ1) is 16.5. The number of carbonyl (C=O) groups is 1. The molecule has 7 heteroatoms.